The molecular weight excluding hydrogens is 218 g/mol. The van der Waals surface area contributed by atoms with Gasteiger partial charge in [-0.05, 0) is 36.9 Å². The second kappa shape index (κ2) is 5.88. The van der Waals surface area contributed by atoms with Crippen LogP contribution in [0.25, 0.3) is 0 Å². The van der Waals surface area contributed by atoms with E-state index in [1.165, 1.54) is 37.7 Å². The van der Waals surface area contributed by atoms with Crippen molar-refractivity contribution in [2.75, 3.05) is 13.6 Å². The van der Waals surface area contributed by atoms with Crippen molar-refractivity contribution >= 4 is 0 Å². The molecule has 0 atom stereocenters. The van der Waals surface area contributed by atoms with Gasteiger partial charge < -0.3 is 5.32 Å². The maximum Gasteiger partial charge on any atom is 0.00776 e. The van der Waals surface area contributed by atoms with Gasteiger partial charge in [0.2, 0.25) is 0 Å². The van der Waals surface area contributed by atoms with Crippen molar-refractivity contribution in [1.29, 1.82) is 0 Å². The first-order chi connectivity index (χ1) is 8.68. The van der Waals surface area contributed by atoms with Crippen molar-refractivity contribution in [3.63, 3.8) is 0 Å². The Morgan fingerprint density at radius 1 is 1.06 bits per heavy atom. The summed E-state index contributed by atoms with van der Waals surface area (Å²) in [5, 5.41) is 3.41. The second-order valence-corrected chi connectivity index (χ2v) is 6.15. The highest BCUT2D eigenvalue weighted by Gasteiger charge is 2.32. The van der Waals surface area contributed by atoms with E-state index < -0.39 is 0 Å². The molecular formula is C17H27N. The topological polar surface area (TPSA) is 12.0 Å². The first-order valence-electron chi connectivity index (χ1n) is 7.43. The maximum atomic E-state index is 3.41. The predicted molar refractivity (Wildman–Crippen MR) is 79.2 cm³/mol. The van der Waals surface area contributed by atoms with Crippen molar-refractivity contribution in [3.05, 3.63) is 35.4 Å². The summed E-state index contributed by atoms with van der Waals surface area (Å²) in [6.07, 6.45) is 6.86. The molecule has 1 aromatic rings. The maximum absolute atomic E-state index is 3.41. The third-order valence-electron chi connectivity index (χ3n) is 4.52. The van der Waals surface area contributed by atoms with Gasteiger partial charge in [-0.15, -0.1) is 0 Å². The van der Waals surface area contributed by atoms with Gasteiger partial charge in [-0.2, -0.15) is 0 Å². The van der Waals surface area contributed by atoms with E-state index in [0.29, 0.717) is 11.3 Å². The van der Waals surface area contributed by atoms with Crippen molar-refractivity contribution in [2.24, 2.45) is 0 Å². The molecule has 1 aliphatic rings. The fourth-order valence-electron chi connectivity index (χ4n) is 3.36. The average Bonchev–Trinajstić information content (AvgIpc) is 2.40. The van der Waals surface area contributed by atoms with Gasteiger partial charge in [0.25, 0.3) is 0 Å². The minimum atomic E-state index is 0.391. The number of rotatable bonds is 4. The quantitative estimate of drug-likeness (QED) is 0.837. The van der Waals surface area contributed by atoms with Crippen LogP contribution in [0.5, 0.6) is 0 Å². The minimum absolute atomic E-state index is 0.391. The summed E-state index contributed by atoms with van der Waals surface area (Å²) in [6.45, 7) is 5.64. The molecule has 1 N–H and O–H groups in total. The van der Waals surface area contributed by atoms with Crippen molar-refractivity contribution in [3.8, 4) is 0 Å². The van der Waals surface area contributed by atoms with E-state index in [4.69, 9.17) is 0 Å². The number of benzene rings is 1. The molecule has 1 saturated carbocycles. The van der Waals surface area contributed by atoms with Crippen LogP contribution in [0.3, 0.4) is 0 Å². The van der Waals surface area contributed by atoms with E-state index in [2.05, 4.69) is 50.5 Å². The molecule has 1 heteroatoms. The molecule has 0 heterocycles. The first kappa shape index (κ1) is 13.6. The van der Waals surface area contributed by atoms with Crippen molar-refractivity contribution in [1.82, 2.24) is 5.32 Å². The van der Waals surface area contributed by atoms with Crippen LogP contribution in [0.2, 0.25) is 0 Å². The lowest BCUT2D eigenvalue weighted by Crippen LogP contribution is -2.38. The largest absolute Gasteiger partial charge is 0.319 e. The standard InChI is InChI=1S/C17H27N/c1-14(2)15-7-9-16(10-8-15)17(13-18-3)11-5-4-6-12-17/h7-10,14,18H,4-6,11-13H2,1-3H3. The molecule has 1 fully saturated rings. The van der Waals surface area contributed by atoms with Crippen LogP contribution in [-0.2, 0) is 5.41 Å². The van der Waals surface area contributed by atoms with Crippen LogP contribution < -0.4 is 5.32 Å². The zero-order valence-corrected chi connectivity index (χ0v) is 12.1. The molecule has 0 aliphatic heterocycles. The number of likely N-dealkylation sites (N-methyl/N-ethyl adjacent to an activating group) is 1. The van der Waals surface area contributed by atoms with Gasteiger partial charge in [-0.25, -0.2) is 0 Å². The molecule has 0 bridgehead atoms. The summed E-state index contributed by atoms with van der Waals surface area (Å²) >= 11 is 0. The zero-order chi connectivity index (χ0) is 13.0. The van der Waals surface area contributed by atoms with Gasteiger partial charge in [0, 0.05) is 12.0 Å². The van der Waals surface area contributed by atoms with E-state index in [0.717, 1.165) is 6.54 Å². The lowest BCUT2D eigenvalue weighted by molar-refractivity contribution is 0.286. The van der Waals surface area contributed by atoms with Gasteiger partial charge in [0.05, 0.1) is 0 Å². The smallest absolute Gasteiger partial charge is 0.00776 e. The van der Waals surface area contributed by atoms with Crippen LogP contribution in [-0.4, -0.2) is 13.6 Å². The Hall–Kier alpha value is -0.820. The molecule has 1 nitrogen and oxygen atoms in total. The first-order valence-corrected chi connectivity index (χ1v) is 7.43. The molecule has 2 rings (SSSR count). The number of nitrogens with one attached hydrogen (secondary N) is 1. The third-order valence-corrected chi connectivity index (χ3v) is 4.52. The van der Waals surface area contributed by atoms with E-state index in [1.54, 1.807) is 5.56 Å². The molecule has 0 unspecified atom stereocenters. The summed E-state index contributed by atoms with van der Waals surface area (Å²) in [7, 11) is 2.08. The van der Waals surface area contributed by atoms with Gasteiger partial charge in [-0.1, -0.05) is 57.4 Å². The summed E-state index contributed by atoms with van der Waals surface area (Å²) in [6, 6.07) is 9.40. The minimum Gasteiger partial charge on any atom is -0.319 e. The third kappa shape index (κ3) is 2.77. The van der Waals surface area contributed by atoms with Crippen LogP contribution in [0.15, 0.2) is 24.3 Å². The summed E-state index contributed by atoms with van der Waals surface area (Å²) in [5.74, 6) is 0.630. The highest BCUT2D eigenvalue weighted by molar-refractivity contribution is 5.31. The molecule has 18 heavy (non-hydrogen) atoms. The summed E-state index contributed by atoms with van der Waals surface area (Å²) in [5.41, 5.74) is 3.39. The molecule has 1 aliphatic carbocycles. The average molecular weight is 245 g/mol. The highest BCUT2D eigenvalue weighted by atomic mass is 14.8. The highest BCUT2D eigenvalue weighted by Crippen LogP contribution is 2.39. The van der Waals surface area contributed by atoms with Crippen LogP contribution in [0.1, 0.15) is 63.0 Å². The molecule has 1 aromatic carbocycles. The van der Waals surface area contributed by atoms with E-state index in [-0.39, 0.29) is 0 Å². The molecule has 0 saturated heterocycles. The summed E-state index contributed by atoms with van der Waals surface area (Å²) in [4.78, 5) is 0. The molecule has 0 spiro atoms. The fourth-order valence-corrected chi connectivity index (χ4v) is 3.36. The van der Waals surface area contributed by atoms with Crippen LogP contribution in [0.4, 0.5) is 0 Å². The Morgan fingerprint density at radius 2 is 1.67 bits per heavy atom. The predicted octanol–water partition coefficient (Wildman–Crippen LogP) is 4.23. The lowest BCUT2D eigenvalue weighted by atomic mass is 9.69. The van der Waals surface area contributed by atoms with Crippen molar-refractivity contribution < 1.29 is 0 Å². The SMILES string of the molecule is CNCC1(c2ccc(C(C)C)cc2)CCCCC1. The molecule has 0 radical (unpaired) electrons. The van der Waals surface area contributed by atoms with Gasteiger partial charge in [-0.3, -0.25) is 0 Å². The second-order valence-electron chi connectivity index (χ2n) is 6.15. The van der Waals surface area contributed by atoms with Gasteiger partial charge >= 0.3 is 0 Å². The normalized spacial score (nSPS) is 19.1. The Kier molecular flexibility index (Phi) is 4.45. The summed E-state index contributed by atoms with van der Waals surface area (Å²) < 4.78 is 0. The number of hydrogen-bond donors (Lipinski definition) is 1. The van der Waals surface area contributed by atoms with E-state index in [1.807, 2.05) is 0 Å². The Labute approximate surface area is 112 Å². The monoisotopic (exact) mass is 245 g/mol. The van der Waals surface area contributed by atoms with Gasteiger partial charge in [0.15, 0.2) is 0 Å². The van der Waals surface area contributed by atoms with Crippen molar-refractivity contribution in [2.45, 2.75) is 57.3 Å². The molecule has 0 amide bonds. The lowest BCUT2D eigenvalue weighted by Gasteiger charge is -2.38. The van der Waals surface area contributed by atoms with E-state index >= 15 is 0 Å². The fraction of sp³-hybridized carbons (Fsp3) is 0.647. The Morgan fingerprint density at radius 3 is 2.17 bits per heavy atom. The molecule has 0 aromatic heterocycles. The van der Waals surface area contributed by atoms with Gasteiger partial charge in [0.1, 0.15) is 0 Å². The Balaban J connectivity index is 2.24. The molecule has 100 valence electrons. The van der Waals surface area contributed by atoms with Crippen LogP contribution >= 0.6 is 0 Å². The zero-order valence-electron chi connectivity index (χ0n) is 12.1. The van der Waals surface area contributed by atoms with E-state index in [9.17, 15) is 0 Å². The number of hydrogen-bond acceptors (Lipinski definition) is 1. The Bertz CT molecular complexity index is 352. The van der Waals surface area contributed by atoms with Crippen LogP contribution in [0, 0.1) is 0 Å².